The smallest absolute Gasteiger partial charge is 0.264 e. The van der Waals surface area contributed by atoms with Crippen LogP contribution < -0.4 is 17.0 Å². The average molecular weight is 299 g/mol. The van der Waals surface area contributed by atoms with E-state index in [0.29, 0.717) is 6.42 Å². The summed E-state index contributed by atoms with van der Waals surface area (Å²) in [6, 6.07) is 0. The van der Waals surface area contributed by atoms with Gasteiger partial charge in [0.15, 0.2) is 0 Å². The minimum Gasteiger partial charge on any atom is -0.383 e. The van der Waals surface area contributed by atoms with E-state index in [1.54, 1.807) is 0 Å². The Balaban J connectivity index is 0. The highest BCUT2D eigenvalue weighted by molar-refractivity contribution is 7.85. The van der Waals surface area contributed by atoms with Crippen LogP contribution in [-0.4, -0.2) is 41.7 Å². The molecule has 7 N–H and O–H groups in total. The van der Waals surface area contributed by atoms with Gasteiger partial charge in [-0.15, -0.1) is 0 Å². The minimum atomic E-state index is -3.70. The Morgan fingerprint density at radius 3 is 2.05 bits per heavy atom. The summed E-state index contributed by atoms with van der Waals surface area (Å²) in [5, 5.41) is 10.5. The third-order valence-electron chi connectivity index (χ3n) is 1.95. The van der Waals surface area contributed by atoms with Crippen LogP contribution in [0.3, 0.4) is 0 Å². The van der Waals surface area contributed by atoms with Crippen LogP contribution in [0.2, 0.25) is 0 Å². The summed E-state index contributed by atoms with van der Waals surface area (Å²) in [6.07, 6.45) is 1.20. The van der Waals surface area contributed by atoms with E-state index in [4.69, 9.17) is 9.66 Å². The van der Waals surface area contributed by atoms with Crippen LogP contribution in [0, 0.1) is 0 Å². The van der Waals surface area contributed by atoms with Gasteiger partial charge in [-0.05, 0) is 6.42 Å². The molecule has 0 radical (unpaired) electrons. The summed E-state index contributed by atoms with van der Waals surface area (Å²) in [4.78, 5) is 20.4. The van der Waals surface area contributed by atoms with Gasteiger partial charge in [0.25, 0.3) is 16.0 Å². The zero-order valence-corrected chi connectivity index (χ0v) is 11.5. The molecule has 0 aliphatic carbocycles. The predicted molar refractivity (Wildman–Crippen MR) is 68.1 cm³/mol. The average Bonchev–Trinajstić information content (AvgIpc) is 2.58. The Kier molecular flexibility index (Phi) is 11.5. The fourth-order valence-corrected chi connectivity index (χ4v) is 1.64. The van der Waals surface area contributed by atoms with E-state index in [2.05, 4.69) is 11.7 Å². The summed E-state index contributed by atoms with van der Waals surface area (Å²) >= 11 is 0. The van der Waals surface area contributed by atoms with E-state index in [1.165, 1.54) is 0 Å². The summed E-state index contributed by atoms with van der Waals surface area (Å²) < 4.78 is 28.3. The SMILES string of the molecule is CCCCCS(=O)(=O)O.NN.O=C1CC(O)C(=O)N1. The van der Waals surface area contributed by atoms with Gasteiger partial charge in [-0.1, -0.05) is 19.8 Å². The third-order valence-corrected chi connectivity index (χ3v) is 2.75. The maximum Gasteiger partial charge on any atom is 0.264 e. The Morgan fingerprint density at radius 2 is 1.84 bits per heavy atom. The van der Waals surface area contributed by atoms with Gasteiger partial charge >= 0.3 is 0 Å². The Morgan fingerprint density at radius 1 is 1.32 bits per heavy atom. The number of amides is 2. The lowest BCUT2D eigenvalue weighted by molar-refractivity contribution is -0.127. The van der Waals surface area contributed by atoms with Crippen LogP contribution in [0.25, 0.3) is 0 Å². The number of carbonyl (C=O) groups excluding carboxylic acids is 2. The van der Waals surface area contributed by atoms with Gasteiger partial charge in [-0.2, -0.15) is 8.42 Å². The second-order valence-corrected chi connectivity index (χ2v) is 5.20. The fraction of sp³-hybridized carbons (Fsp3) is 0.778. The van der Waals surface area contributed by atoms with Crippen LogP contribution in [0.1, 0.15) is 32.6 Å². The number of rotatable bonds is 4. The maximum atomic E-state index is 10.2. The largest absolute Gasteiger partial charge is 0.383 e. The summed E-state index contributed by atoms with van der Waals surface area (Å²) in [5.74, 6) is 6.92. The van der Waals surface area contributed by atoms with Crippen molar-refractivity contribution in [3.8, 4) is 0 Å². The molecule has 0 aromatic carbocycles. The summed E-state index contributed by atoms with van der Waals surface area (Å²) in [7, 11) is -3.70. The third kappa shape index (κ3) is 13.2. The monoisotopic (exact) mass is 299 g/mol. The van der Waals surface area contributed by atoms with Gasteiger partial charge in [0.2, 0.25) is 5.91 Å². The van der Waals surface area contributed by atoms with Crippen LogP contribution in [0.4, 0.5) is 0 Å². The number of hydrogen-bond acceptors (Lipinski definition) is 7. The highest BCUT2D eigenvalue weighted by Crippen LogP contribution is 1.98. The fourth-order valence-electron chi connectivity index (χ4n) is 1.07. The number of aliphatic hydroxyl groups is 1. The van der Waals surface area contributed by atoms with Gasteiger partial charge in [0.05, 0.1) is 12.2 Å². The molecule has 114 valence electrons. The first-order valence-electron chi connectivity index (χ1n) is 5.56. The molecule has 0 saturated carbocycles. The normalized spacial score (nSPS) is 17.8. The standard InChI is InChI=1S/C5H12O3S.C4H5NO3.H4N2/c1-2-3-4-5-9(6,7)8;6-2-1-3(7)5-4(2)8;1-2/h2-5H2,1H3,(H,6,7,8);2,6H,1H2,(H,5,7,8);1-2H2. The molecule has 9 nitrogen and oxygen atoms in total. The number of aliphatic hydroxyl groups excluding tert-OH is 1. The molecule has 1 saturated heterocycles. The van der Waals surface area contributed by atoms with E-state index in [-0.39, 0.29) is 12.2 Å². The van der Waals surface area contributed by atoms with Crippen LogP contribution in [0.5, 0.6) is 0 Å². The molecule has 0 aromatic heterocycles. The topological polar surface area (TPSA) is 173 Å². The number of hydrazine groups is 1. The van der Waals surface area contributed by atoms with Crippen molar-refractivity contribution in [2.45, 2.75) is 38.7 Å². The van der Waals surface area contributed by atoms with Gasteiger partial charge in [0, 0.05) is 0 Å². The number of unbranched alkanes of at least 4 members (excludes halogenated alkanes) is 2. The molecule has 0 spiro atoms. The molecule has 19 heavy (non-hydrogen) atoms. The van der Waals surface area contributed by atoms with Crippen molar-refractivity contribution < 1.29 is 27.7 Å². The minimum absolute atomic E-state index is 0.0845. The lowest BCUT2D eigenvalue weighted by Crippen LogP contribution is -2.24. The number of carbonyl (C=O) groups is 2. The second kappa shape index (κ2) is 10.8. The highest BCUT2D eigenvalue weighted by Gasteiger charge is 2.27. The Labute approximate surface area is 112 Å². The second-order valence-electron chi connectivity index (χ2n) is 3.63. The van der Waals surface area contributed by atoms with Gasteiger partial charge in [0.1, 0.15) is 6.10 Å². The first-order chi connectivity index (χ1) is 8.76. The molecule has 1 aliphatic rings. The Hall–Kier alpha value is -1.07. The van der Waals surface area contributed by atoms with E-state index in [9.17, 15) is 18.0 Å². The first-order valence-corrected chi connectivity index (χ1v) is 7.17. The molecule has 1 unspecified atom stereocenters. The summed E-state index contributed by atoms with van der Waals surface area (Å²) in [6.45, 7) is 1.98. The summed E-state index contributed by atoms with van der Waals surface area (Å²) in [5.41, 5.74) is 0. The van der Waals surface area contributed by atoms with Crippen molar-refractivity contribution in [2.75, 3.05) is 5.75 Å². The molecule has 1 rings (SSSR count). The molecule has 10 heteroatoms. The van der Waals surface area contributed by atoms with Crippen molar-refractivity contribution in [2.24, 2.45) is 11.7 Å². The van der Waals surface area contributed by atoms with Crippen LogP contribution >= 0.6 is 0 Å². The molecule has 2 amide bonds. The number of hydrogen-bond donors (Lipinski definition) is 5. The zero-order chi connectivity index (χ0) is 15.5. The van der Waals surface area contributed by atoms with Gasteiger partial charge in [-0.25, -0.2) is 0 Å². The number of nitrogens with one attached hydrogen (secondary N) is 1. The van der Waals surface area contributed by atoms with E-state index >= 15 is 0 Å². The lowest BCUT2D eigenvalue weighted by atomic mass is 10.3. The first kappa shape index (κ1) is 20.3. The van der Waals surface area contributed by atoms with Crippen molar-refractivity contribution in [3.63, 3.8) is 0 Å². The lowest BCUT2D eigenvalue weighted by Gasteiger charge is -1.92. The van der Waals surface area contributed by atoms with Crippen LogP contribution in [-0.2, 0) is 19.7 Å². The van der Waals surface area contributed by atoms with Crippen molar-refractivity contribution in [1.29, 1.82) is 0 Å². The molecule has 0 aromatic rings. The molecule has 0 bridgehead atoms. The van der Waals surface area contributed by atoms with Crippen molar-refractivity contribution >= 4 is 21.9 Å². The molecule has 1 atom stereocenters. The van der Waals surface area contributed by atoms with E-state index in [0.717, 1.165) is 12.8 Å². The number of nitrogens with two attached hydrogens (primary N) is 2. The van der Waals surface area contributed by atoms with Crippen molar-refractivity contribution in [1.82, 2.24) is 5.32 Å². The van der Waals surface area contributed by atoms with Gasteiger partial charge in [-0.3, -0.25) is 31.1 Å². The molecule has 1 fully saturated rings. The van der Waals surface area contributed by atoms with Crippen LogP contribution in [0.15, 0.2) is 0 Å². The maximum absolute atomic E-state index is 10.2. The number of imide groups is 1. The van der Waals surface area contributed by atoms with E-state index in [1.807, 2.05) is 12.2 Å². The van der Waals surface area contributed by atoms with Crippen molar-refractivity contribution in [3.05, 3.63) is 0 Å². The molecular weight excluding hydrogens is 278 g/mol. The predicted octanol–water partition coefficient (Wildman–Crippen LogP) is -1.72. The quantitative estimate of drug-likeness (QED) is 0.134. The van der Waals surface area contributed by atoms with Gasteiger partial charge < -0.3 is 5.11 Å². The zero-order valence-electron chi connectivity index (χ0n) is 10.7. The molecule has 1 aliphatic heterocycles. The Bertz CT molecular complexity index is 370. The molecule has 1 heterocycles. The highest BCUT2D eigenvalue weighted by atomic mass is 32.2. The van der Waals surface area contributed by atoms with E-state index < -0.39 is 28.0 Å². The molecular formula is C9H21N3O6S.